The van der Waals surface area contributed by atoms with Crippen LogP contribution in [0.2, 0.25) is 0 Å². The van der Waals surface area contributed by atoms with Crippen molar-refractivity contribution in [3.05, 3.63) is 35.6 Å². The number of nitrogens with zero attached hydrogens (tertiary/aromatic N) is 1. The zero-order valence-corrected chi connectivity index (χ0v) is 11.7. The van der Waals surface area contributed by atoms with Crippen LogP contribution in [0.15, 0.2) is 24.3 Å². The fraction of sp³-hybridized carbons (Fsp3) is 0.600. The van der Waals surface area contributed by atoms with Gasteiger partial charge in [0.05, 0.1) is 0 Å². The molecule has 0 aliphatic carbocycles. The van der Waals surface area contributed by atoms with Crippen LogP contribution in [0.3, 0.4) is 0 Å². The summed E-state index contributed by atoms with van der Waals surface area (Å²) in [5, 5.41) is 0. The maximum absolute atomic E-state index is 13.1. The van der Waals surface area contributed by atoms with Crippen LogP contribution in [0.4, 0.5) is 4.39 Å². The highest BCUT2D eigenvalue weighted by Crippen LogP contribution is 2.16. The molecular weight excluding hydrogens is 227 g/mol. The summed E-state index contributed by atoms with van der Waals surface area (Å²) >= 11 is 0. The molecule has 0 fully saturated rings. The van der Waals surface area contributed by atoms with Gasteiger partial charge in [-0.25, -0.2) is 4.39 Å². The molecule has 102 valence electrons. The lowest BCUT2D eigenvalue weighted by Gasteiger charge is -2.27. The maximum Gasteiger partial charge on any atom is 0.123 e. The van der Waals surface area contributed by atoms with Crippen LogP contribution in [0.1, 0.15) is 44.7 Å². The van der Waals surface area contributed by atoms with Crippen molar-refractivity contribution in [2.75, 3.05) is 13.6 Å². The number of hydrogen-bond acceptors (Lipinski definition) is 2. The molecule has 1 unspecified atom stereocenters. The van der Waals surface area contributed by atoms with Crippen molar-refractivity contribution in [2.45, 2.75) is 45.2 Å². The number of hydrogen-bond donors (Lipinski definition) is 1. The lowest BCUT2D eigenvalue weighted by atomic mass is 10.0. The Labute approximate surface area is 110 Å². The molecule has 0 radical (unpaired) electrons. The Kier molecular flexibility index (Phi) is 6.30. The van der Waals surface area contributed by atoms with Gasteiger partial charge in [-0.2, -0.15) is 0 Å². The molecule has 1 atom stereocenters. The van der Waals surface area contributed by atoms with Crippen molar-refractivity contribution in [1.82, 2.24) is 4.90 Å². The third-order valence-electron chi connectivity index (χ3n) is 3.64. The monoisotopic (exact) mass is 252 g/mol. The molecule has 0 heterocycles. The van der Waals surface area contributed by atoms with Crippen LogP contribution >= 0.6 is 0 Å². The first-order valence-electron chi connectivity index (χ1n) is 6.79. The Morgan fingerprint density at radius 3 is 2.50 bits per heavy atom. The van der Waals surface area contributed by atoms with Gasteiger partial charge in [0, 0.05) is 12.1 Å². The van der Waals surface area contributed by atoms with E-state index in [1.54, 1.807) is 6.07 Å². The number of rotatable bonds is 7. The van der Waals surface area contributed by atoms with Gasteiger partial charge in [0.15, 0.2) is 0 Å². The molecule has 0 bridgehead atoms. The van der Waals surface area contributed by atoms with Crippen LogP contribution in [0.25, 0.3) is 0 Å². The van der Waals surface area contributed by atoms with Gasteiger partial charge >= 0.3 is 0 Å². The molecule has 0 amide bonds. The fourth-order valence-electron chi connectivity index (χ4n) is 2.34. The van der Waals surface area contributed by atoms with E-state index in [4.69, 9.17) is 5.73 Å². The van der Waals surface area contributed by atoms with E-state index in [1.165, 1.54) is 12.1 Å². The Balaban J connectivity index is 2.48. The molecule has 2 nitrogen and oxygen atoms in total. The van der Waals surface area contributed by atoms with Crippen molar-refractivity contribution in [3.63, 3.8) is 0 Å². The molecule has 0 saturated carbocycles. The molecule has 0 saturated heterocycles. The second kappa shape index (κ2) is 7.49. The summed E-state index contributed by atoms with van der Waals surface area (Å²) in [7, 11) is 2.13. The van der Waals surface area contributed by atoms with Crippen molar-refractivity contribution >= 4 is 0 Å². The van der Waals surface area contributed by atoms with Gasteiger partial charge in [-0.1, -0.05) is 26.0 Å². The molecule has 1 aromatic rings. The van der Waals surface area contributed by atoms with E-state index in [-0.39, 0.29) is 11.9 Å². The zero-order chi connectivity index (χ0) is 13.5. The third kappa shape index (κ3) is 4.39. The minimum atomic E-state index is -0.212. The van der Waals surface area contributed by atoms with Crippen LogP contribution in [-0.4, -0.2) is 24.5 Å². The molecule has 0 aliphatic rings. The topological polar surface area (TPSA) is 29.3 Å². The van der Waals surface area contributed by atoms with E-state index >= 15 is 0 Å². The highest BCUT2D eigenvalue weighted by Gasteiger charge is 2.13. The van der Waals surface area contributed by atoms with Crippen molar-refractivity contribution in [2.24, 2.45) is 5.73 Å². The highest BCUT2D eigenvalue weighted by molar-refractivity contribution is 5.19. The molecule has 1 aromatic carbocycles. The summed E-state index contributed by atoms with van der Waals surface area (Å²) < 4.78 is 13.1. The predicted octanol–water partition coefficient (Wildman–Crippen LogP) is 3.34. The van der Waals surface area contributed by atoms with Crippen LogP contribution in [-0.2, 0) is 0 Å². The van der Waals surface area contributed by atoms with E-state index in [2.05, 4.69) is 25.8 Å². The summed E-state index contributed by atoms with van der Waals surface area (Å²) in [5.74, 6) is -0.212. The maximum atomic E-state index is 13.1. The van der Waals surface area contributed by atoms with Gasteiger partial charge in [-0.05, 0) is 50.6 Å². The Morgan fingerprint density at radius 1 is 1.28 bits per heavy atom. The normalized spacial score (nSPS) is 13.3. The average molecular weight is 252 g/mol. The second-order valence-corrected chi connectivity index (χ2v) is 4.90. The second-order valence-electron chi connectivity index (χ2n) is 4.90. The molecule has 0 aromatic heterocycles. The lowest BCUT2D eigenvalue weighted by molar-refractivity contribution is 0.222. The van der Waals surface area contributed by atoms with E-state index in [0.717, 1.165) is 31.4 Å². The first-order valence-corrected chi connectivity index (χ1v) is 6.79. The summed E-state index contributed by atoms with van der Waals surface area (Å²) in [6.45, 7) is 5.36. The first-order chi connectivity index (χ1) is 8.58. The number of halogens is 1. The van der Waals surface area contributed by atoms with E-state index in [9.17, 15) is 4.39 Å². The standard InChI is InChI=1S/C15H25FN2/c1-4-14(5-2)18(3)10-9-15(17)12-7-6-8-13(16)11-12/h6-8,11,14-15H,4-5,9-10,17H2,1-3H3. The molecule has 0 spiro atoms. The quantitative estimate of drug-likeness (QED) is 0.806. The van der Waals surface area contributed by atoms with Gasteiger partial charge in [-0.15, -0.1) is 0 Å². The van der Waals surface area contributed by atoms with E-state index < -0.39 is 0 Å². The fourth-order valence-corrected chi connectivity index (χ4v) is 2.34. The molecule has 2 N–H and O–H groups in total. The van der Waals surface area contributed by atoms with Gasteiger partial charge in [0.2, 0.25) is 0 Å². The number of nitrogens with two attached hydrogens (primary N) is 1. The number of benzene rings is 1. The molecule has 1 rings (SSSR count). The Morgan fingerprint density at radius 2 is 1.94 bits per heavy atom. The van der Waals surface area contributed by atoms with E-state index in [1.807, 2.05) is 6.07 Å². The summed E-state index contributed by atoms with van der Waals surface area (Å²) in [4.78, 5) is 2.35. The van der Waals surface area contributed by atoms with Gasteiger partial charge in [0.25, 0.3) is 0 Å². The van der Waals surface area contributed by atoms with Crippen LogP contribution in [0.5, 0.6) is 0 Å². The first kappa shape index (κ1) is 15.1. The van der Waals surface area contributed by atoms with Crippen molar-refractivity contribution < 1.29 is 4.39 Å². The predicted molar refractivity (Wildman–Crippen MR) is 74.9 cm³/mol. The van der Waals surface area contributed by atoms with Gasteiger partial charge in [0.1, 0.15) is 5.82 Å². The van der Waals surface area contributed by atoms with Crippen molar-refractivity contribution in [1.29, 1.82) is 0 Å². The van der Waals surface area contributed by atoms with Crippen LogP contribution < -0.4 is 5.73 Å². The third-order valence-corrected chi connectivity index (χ3v) is 3.64. The SMILES string of the molecule is CCC(CC)N(C)CCC(N)c1cccc(F)c1. The van der Waals surface area contributed by atoms with E-state index in [0.29, 0.717) is 6.04 Å². The minimum Gasteiger partial charge on any atom is -0.324 e. The average Bonchev–Trinajstić information content (AvgIpc) is 2.37. The molecule has 3 heteroatoms. The molecular formula is C15H25FN2. The highest BCUT2D eigenvalue weighted by atomic mass is 19.1. The largest absolute Gasteiger partial charge is 0.324 e. The Bertz CT molecular complexity index is 350. The van der Waals surface area contributed by atoms with Crippen LogP contribution in [0, 0.1) is 5.82 Å². The smallest absolute Gasteiger partial charge is 0.123 e. The summed E-state index contributed by atoms with van der Waals surface area (Å²) in [6.07, 6.45) is 3.17. The summed E-state index contributed by atoms with van der Waals surface area (Å²) in [5.41, 5.74) is 6.98. The van der Waals surface area contributed by atoms with Gasteiger partial charge in [-0.3, -0.25) is 0 Å². The van der Waals surface area contributed by atoms with Gasteiger partial charge < -0.3 is 10.6 Å². The van der Waals surface area contributed by atoms with Crippen molar-refractivity contribution in [3.8, 4) is 0 Å². The molecule has 0 aliphatic heterocycles. The summed E-state index contributed by atoms with van der Waals surface area (Å²) in [6, 6.07) is 7.12. The minimum absolute atomic E-state index is 0.0856. The zero-order valence-electron chi connectivity index (χ0n) is 11.7. The Hall–Kier alpha value is -0.930. The molecule has 18 heavy (non-hydrogen) atoms. The lowest BCUT2D eigenvalue weighted by Crippen LogP contribution is -2.33.